The van der Waals surface area contributed by atoms with Gasteiger partial charge in [0.25, 0.3) is 8.32 Å². The third-order valence-corrected chi connectivity index (χ3v) is 15.3. The fraction of sp³-hybridized carbons (Fsp3) is 0.513. The van der Waals surface area contributed by atoms with Gasteiger partial charge in [0.1, 0.15) is 31.0 Å². The molecule has 3 aliphatic rings. The Hall–Kier alpha value is -3.58. The van der Waals surface area contributed by atoms with Gasteiger partial charge in [-0.1, -0.05) is 130 Å². The van der Waals surface area contributed by atoms with E-state index in [1.54, 1.807) is 0 Å². The van der Waals surface area contributed by atoms with Crippen LogP contribution in [0.4, 0.5) is 0 Å². The normalized spacial score (nSPS) is 29.7. The van der Waals surface area contributed by atoms with Crippen molar-refractivity contribution in [2.45, 2.75) is 101 Å². The molecule has 2 aliphatic heterocycles. The van der Waals surface area contributed by atoms with E-state index in [2.05, 4.69) is 86.3 Å². The van der Waals surface area contributed by atoms with Crippen LogP contribution in [-0.4, -0.2) is 77.5 Å². The van der Waals surface area contributed by atoms with Gasteiger partial charge in [0.05, 0.1) is 25.9 Å². The highest BCUT2D eigenvalue weighted by Gasteiger charge is 2.55. The second kappa shape index (κ2) is 16.4. The Morgan fingerprint density at radius 1 is 0.922 bits per heavy atom. The van der Waals surface area contributed by atoms with Crippen LogP contribution in [0.2, 0.25) is 5.04 Å². The van der Waals surface area contributed by atoms with Crippen LogP contribution in [0.25, 0.3) is 10.4 Å². The Balaban J connectivity index is 1.34. The molecular weight excluding hydrogens is 667 g/mol. The monoisotopic (exact) mass is 715 g/mol. The maximum atomic E-state index is 12.3. The van der Waals surface area contributed by atoms with E-state index in [9.17, 15) is 10.3 Å². The zero-order valence-electron chi connectivity index (χ0n) is 30.0. The Kier molecular flexibility index (Phi) is 12.0. The molecule has 51 heavy (non-hydrogen) atoms. The molecule has 11 nitrogen and oxygen atoms in total. The van der Waals surface area contributed by atoms with Crippen molar-refractivity contribution < 1.29 is 37.6 Å². The third-order valence-electron chi connectivity index (χ3n) is 10.3. The van der Waals surface area contributed by atoms with Gasteiger partial charge in [0.15, 0.2) is 12.6 Å². The highest BCUT2D eigenvalue weighted by Crippen LogP contribution is 2.43. The van der Waals surface area contributed by atoms with Gasteiger partial charge in [0, 0.05) is 10.5 Å². The summed E-state index contributed by atoms with van der Waals surface area (Å²) in [5.74, 6) is -0.402. The minimum Gasteiger partial charge on any atom is -0.467 e. The van der Waals surface area contributed by atoms with Crippen molar-refractivity contribution in [3.63, 3.8) is 0 Å². The van der Waals surface area contributed by atoms with Crippen molar-refractivity contribution in [3.8, 4) is 0 Å². The van der Waals surface area contributed by atoms with E-state index in [-0.39, 0.29) is 30.3 Å². The molecule has 1 saturated carbocycles. The maximum Gasteiger partial charge on any atom is 0.331 e. The quantitative estimate of drug-likeness (QED) is 0.0753. The fourth-order valence-corrected chi connectivity index (χ4v) is 12.6. The largest absolute Gasteiger partial charge is 0.467 e. The Morgan fingerprint density at radius 3 is 2.14 bits per heavy atom. The lowest BCUT2D eigenvalue weighted by Gasteiger charge is -2.51. The maximum absolute atomic E-state index is 12.3. The van der Waals surface area contributed by atoms with Gasteiger partial charge in [-0.05, 0) is 39.7 Å². The van der Waals surface area contributed by atoms with Crippen molar-refractivity contribution in [1.82, 2.24) is 0 Å². The molecule has 1 aliphatic carbocycles. The Bertz CT molecular complexity index is 1580. The van der Waals surface area contributed by atoms with Gasteiger partial charge < -0.3 is 32.8 Å². The number of benzene rings is 3. The van der Waals surface area contributed by atoms with Crippen LogP contribution >= 0.6 is 0 Å². The summed E-state index contributed by atoms with van der Waals surface area (Å²) in [5.41, 5.74) is 10.6. The average molecular weight is 716 g/mol. The average Bonchev–Trinajstić information content (AvgIpc) is 3.15. The number of rotatable bonds is 11. The number of esters is 1. The summed E-state index contributed by atoms with van der Waals surface area (Å²) in [6.07, 6.45) is -2.02. The van der Waals surface area contributed by atoms with E-state index in [4.69, 9.17) is 32.8 Å². The molecule has 3 aromatic rings. The molecule has 3 fully saturated rings. The molecule has 0 N–H and O–H groups in total. The van der Waals surface area contributed by atoms with E-state index in [0.29, 0.717) is 0 Å². The lowest BCUT2D eigenvalue weighted by atomic mass is 9.85. The summed E-state index contributed by atoms with van der Waals surface area (Å²) in [6, 6.07) is 29.7. The first-order valence-electron chi connectivity index (χ1n) is 17.8. The van der Waals surface area contributed by atoms with Crippen LogP contribution in [0.15, 0.2) is 96.1 Å². The molecule has 3 aromatic carbocycles. The molecule has 9 atom stereocenters. The zero-order chi connectivity index (χ0) is 36.0. The smallest absolute Gasteiger partial charge is 0.331 e. The number of hydrogen-bond acceptors (Lipinski definition) is 9. The molecule has 0 spiro atoms. The second-order valence-electron chi connectivity index (χ2n) is 14.6. The van der Waals surface area contributed by atoms with Crippen LogP contribution < -0.4 is 10.4 Å². The molecule has 2 heterocycles. The molecule has 0 aromatic heterocycles. The van der Waals surface area contributed by atoms with Gasteiger partial charge in [0.2, 0.25) is 0 Å². The predicted octanol–water partition coefficient (Wildman–Crippen LogP) is 6.21. The first kappa shape index (κ1) is 37.2. The van der Waals surface area contributed by atoms with Crippen LogP contribution in [0.5, 0.6) is 0 Å². The minimum atomic E-state index is -2.95. The van der Waals surface area contributed by atoms with E-state index in [1.807, 2.05) is 42.5 Å². The van der Waals surface area contributed by atoms with E-state index in [0.717, 1.165) is 24.8 Å². The Morgan fingerprint density at radius 2 is 1.55 bits per heavy atom. The summed E-state index contributed by atoms with van der Waals surface area (Å²) < 4.78 is 44.8. The number of fused-ring (bicyclic) bond motifs is 1. The molecule has 6 rings (SSSR count). The van der Waals surface area contributed by atoms with Crippen LogP contribution in [-0.2, 0) is 37.6 Å². The van der Waals surface area contributed by atoms with Crippen LogP contribution in [0.1, 0.15) is 58.8 Å². The molecule has 272 valence electrons. The van der Waals surface area contributed by atoms with Crippen molar-refractivity contribution >= 4 is 24.7 Å². The molecule has 5 unspecified atom stereocenters. The number of methoxy groups -OCH3 is 1. The first-order valence-corrected chi connectivity index (χ1v) is 19.7. The number of hydrogen-bond donors (Lipinski definition) is 0. The van der Waals surface area contributed by atoms with Crippen molar-refractivity contribution in [1.29, 1.82) is 0 Å². The highest BCUT2D eigenvalue weighted by atomic mass is 28.4. The molecule has 2 saturated heterocycles. The first-order chi connectivity index (χ1) is 24.7. The number of carbonyl (C=O) groups excluding carboxylic acids is 1. The van der Waals surface area contributed by atoms with E-state index < -0.39 is 57.3 Å². The number of ether oxygens (including phenoxy) is 6. The lowest BCUT2D eigenvalue weighted by Crippen LogP contribution is -2.69. The summed E-state index contributed by atoms with van der Waals surface area (Å²) in [5, 5.41) is 6.29. The van der Waals surface area contributed by atoms with Crippen molar-refractivity contribution in [3.05, 3.63) is 107 Å². The fourth-order valence-electron chi connectivity index (χ4n) is 7.79. The number of nitrogens with zero attached hydrogens (tertiary/aromatic N) is 3. The topological polar surface area (TPSA) is 130 Å². The molecule has 12 heteroatoms. The summed E-state index contributed by atoms with van der Waals surface area (Å²) in [4.78, 5) is 15.5. The zero-order valence-corrected chi connectivity index (χ0v) is 31.0. The van der Waals surface area contributed by atoms with Crippen molar-refractivity contribution in [2.75, 3.05) is 20.3 Å². The van der Waals surface area contributed by atoms with Crippen LogP contribution in [0, 0.1) is 5.92 Å². The highest BCUT2D eigenvalue weighted by molar-refractivity contribution is 6.99. The molecule has 0 amide bonds. The van der Waals surface area contributed by atoms with Crippen LogP contribution in [0.3, 0.4) is 0 Å². The molecule has 0 radical (unpaired) electrons. The molecular formula is C39H49N3O8Si. The standard InChI is InChI=1S/C39H49N3O8Si/c1-26-16-15-23-30(34(26)50-51(39(2,3)4,28-19-11-7-12-20-28)29-21-13-8-14-22-29)47-38-33(41-42-40)36(45-25-32(43)44-5)35-31(48-38)24-46-37(49-35)27-17-9-6-10-18-27/h6-14,17-22,26,30-31,33-38H,15-16,23-25H2,1-5H3/t26-,30?,31?,33?,34+,35+,36+,37?,38?/m0/s1. The van der Waals surface area contributed by atoms with Gasteiger partial charge in [-0.2, -0.15) is 0 Å². The Labute approximate surface area is 301 Å². The van der Waals surface area contributed by atoms with Gasteiger partial charge >= 0.3 is 5.97 Å². The minimum absolute atomic E-state index is 0.166. The summed E-state index contributed by atoms with van der Waals surface area (Å²) in [7, 11) is -1.65. The summed E-state index contributed by atoms with van der Waals surface area (Å²) >= 11 is 0. The molecule has 0 bridgehead atoms. The van der Waals surface area contributed by atoms with E-state index >= 15 is 0 Å². The van der Waals surface area contributed by atoms with Gasteiger partial charge in [-0.15, -0.1) is 0 Å². The van der Waals surface area contributed by atoms with Crippen molar-refractivity contribution in [2.24, 2.45) is 11.0 Å². The SMILES string of the molecule is COC(=O)CO[C@@H]1C(N=[N+]=[N-])C(OC2CCC[C@H](C)[C@H]2O[Si](c2ccccc2)(c2ccccc2)C(C)(C)C)OC2COC(c3ccccc3)O[C@H]21. The lowest BCUT2D eigenvalue weighted by molar-refractivity contribution is -0.353. The second-order valence-corrected chi connectivity index (χ2v) is 18.8. The number of azide groups is 1. The number of carbonyl (C=O) groups is 1. The predicted molar refractivity (Wildman–Crippen MR) is 194 cm³/mol. The summed E-state index contributed by atoms with van der Waals surface area (Å²) in [6.45, 7) is 8.82. The van der Waals surface area contributed by atoms with Gasteiger partial charge in [-0.25, -0.2) is 4.79 Å². The third kappa shape index (κ3) is 7.94. The van der Waals surface area contributed by atoms with E-state index in [1.165, 1.54) is 17.5 Å². The van der Waals surface area contributed by atoms with Gasteiger partial charge in [-0.3, -0.25) is 0 Å².